The van der Waals surface area contributed by atoms with Gasteiger partial charge in [-0.3, -0.25) is 4.79 Å². The zero-order chi connectivity index (χ0) is 20.8. The maximum absolute atomic E-state index is 12.9. The Bertz CT molecular complexity index is 1250. The van der Waals surface area contributed by atoms with Crippen LogP contribution in [-0.2, 0) is 0 Å². The van der Waals surface area contributed by atoms with Crippen molar-refractivity contribution >= 4 is 45.6 Å². The molecule has 0 unspecified atom stereocenters. The molecule has 30 heavy (non-hydrogen) atoms. The Morgan fingerprint density at radius 2 is 1.40 bits per heavy atom. The van der Waals surface area contributed by atoms with Crippen molar-refractivity contribution in [3.05, 3.63) is 102 Å². The Hall–Kier alpha value is -3.97. The van der Waals surface area contributed by atoms with Crippen molar-refractivity contribution in [3.63, 3.8) is 0 Å². The van der Waals surface area contributed by atoms with Crippen LogP contribution in [0, 0.1) is 0 Å². The molecule has 6 nitrogen and oxygen atoms in total. The molecule has 0 spiro atoms. The first-order valence-electron chi connectivity index (χ1n) is 9.24. The fourth-order valence-corrected chi connectivity index (χ4v) is 2.98. The lowest BCUT2D eigenvalue weighted by atomic mass is 10.1. The Balaban J connectivity index is 1.64. The van der Waals surface area contributed by atoms with Crippen LogP contribution in [0.4, 0.5) is 11.4 Å². The van der Waals surface area contributed by atoms with Gasteiger partial charge >= 0.3 is 0 Å². The molecule has 1 amide bonds. The summed E-state index contributed by atoms with van der Waals surface area (Å²) in [4.78, 5) is 12.9. The number of amides is 1. The van der Waals surface area contributed by atoms with Crippen molar-refractivity contribution in [2.75, 3.05) is 10.6 Å². The van der Waals surface area contributed by atoms with Crippen LogP contribution in [0.2, 0.25) is 0 Å². The molecule has 0 atom stereocenters. The van der Waals surface area contributed by atoms with E-state index in [1.807, 2.05) is 84.9 Å². The van der Waals surface area contributed by atoms with Crippen molar-refractivity contribution in [1.82, 2.24) is 5.43 Å². The summed E-state index contributed by atoms with van der Waals surface area (Å²) < 4.78 is 5.87. The third-order valence-corrected chi connectivity index (χ3v) is 4.42. The standard InChI is InChI=1S/C23H18N4O2S/c28-21(24-17-10-3-1-4-11-17)19-15-16-9-7-8-14-20(16)29-22(19)26-27-23(30)25-18-12-5-2-6-13-18/h1-15H,(H,24,28)(H2,25,27,30)/b26-22+. The molecule has 0 bridgehead atoms. The number of nitrogens with zero attached hydrogens (tertiary/aromatic N) is 1. The molecule has 7 heteroatoms. The molecule has 0 fully saturated rings. The average Bonchev–Trinajstić information content (AvgIpc) is 2.78. The molecule has 0 aliphatic heterocycles. The maximum atomic E-state index is 12.9. The predicted molar refractivity (Wildman–Crippen MR) is 122 cm³/mol. The highest BCUT2D eigenvalue weighted by molar-refractivity contribution is 7.80. The predicted octanol–water partition coefficient (Wildman–Crippen LogP) is 4.49. The third kappa shape index (κ3) is 4.71. The summed E-state index contributed by atoms with van der Waals surface area (Å²) in [5.41, 5.74) is 5.26. The molecular weight excluding hydrogens is 396 g/mol. The molecule has 1 aromatic heterocycles. The summed E-state index contributed by atoms with van der Waals surface area (Å²) in [6.07, 6.45) is 0. The van der Waals surface area contributed by atoms with Gasteiger partial charge in [0.1, 0.15) is 11.1 Å². The number of fused-ring (bicyclic) bond motifs is 1. The van der Waals surface area contributed by atoms with Gasteiger partial charge in [0.2, 0.25) is 5.55 Å². The minimum atomic E-state index is -0.335. The molecule has 0 aliphatic rings. The van der Waals surface area contributed by atoms with Gasteiger partial charge < -0.3 is 15.1 Å². The second kappa shape index (κ2) is 9.02. The average molecular weight is 414 g/mol. The first kappa shape index (κ1) is 19.4. The van der Waals surface area contributed by atoms with E-state index in [9.17, 15) is 4.79 Å². The van der Waals surface area contributed by atoms with Crippen molar-refractivity contribution in [1.29, 1.82) is 0 Å². The lowest BCUT2D eigenvalue weighted by Gasteiger charge is -2.08. The highest BCUT2D eigenvalue weighted by Gasteiger charge is 2.13. The van der Waals surface area contributed by atoms with Crippen LogP contribution in [0.1, 0.15) is 10.4 Å². The van der Waals surface area contributed by atoms with Gasteiger partial charge in [0.15, 0.2) is 5.11 Å². The van der Waals surface area contributed by atoms with E-state index < -0.39 is 0 Å². The summed E-state index contributed by atoms with van der Waals surface area (Å²) in [5, 5.41) is 11.2. The normalized spacial score (nSPS) is 11.1. The van der Waals surface area contributed by atoms with E-state index in [-0.39, 0.29) is 22.1 Å². The Morgan fingerprint density at radius 3 is 2.10 bits per heavy atom. The van der Waals surface area contributed by atoms with E-state index >= 15 is 0 Å². The number of thiocarbonyl (C=S) groups is 1. The van der Waals surface area contributed by atoms with Gasteiger partial charge in [-0.1, -0.05) is 54.6 Å². The third-order valence-electron chi connectivity index (χ3n) is 4.22. The first-order chi connectivity index (χ1) is 14.7. The molecule has 1 heterocycles. The molecule has 3 aromatic carbocycles. The molecule has 4 rings (SSSR count). The number of anilines is 2. The number of hydrogen-bond donors (Lipinski definition) is 3. The summed E-state index contributed by atoms with van der Waals surface area (Å²) in [6, 6.07) is 27.8. The SMILES string of the molecule is O=C(Nc1ccccc1)c1cc2ccccc2o/c1=N/NC(=S)Nc1ccccc1. The van der Waals surface area contributed by atoms with E-state index in [1.54, 1.807) is 6.07 Å². The van der Waals surface area contributed by atoms with E-state index in [1.165, 1.54) is 0 Å². The van der Waals surface area contributed by atoms with Crippen molar-refractivity contribution in [2.45, 2.75) is 0 Å². The zero-order valence-corrected chi connectivity index (χ0v) is 16.6. The number of carbonyl (C=O) groups excluding carboxylic acids is 1. The van der Waals surface area contributed by atoms with E-state index in [4.69, 9.17) is 16.6 Å². The largest absolute Gasteiger partial charge is 0.436 e. The van der Waals surface area contributed by atoms with Crippen LogP contribution < -0.4 is 21.6 Å². The highest BCUT2D eigenvalue weighted by atomic mass is 32.1. The minimum absolute atomic E-state index is 0.124. The second-order valence-electron chi connectivity index (χ2n) is 6.37. The molecule has 0 saturated carbocycles. The molecular formula is C23H18N4O2S. The van der Waals surface area contributed by atoms with Gasteiger partial charge in [-0.05, 0) is 48.6 Å². The Labute approximate surface area is 178 Å². The van der Waals surface area contributed by atoms with Crippen LogP contribution in [0.5, 0.6) is 0 Å². The molecule has 4 aromatic rings. The molecule has 0 radical (unpaired) electrons. The van der Waals surface area contributed by atoms with Gasteiger partial charge in [-0.15, -0.1) is 5.10 Å². The zero-order valence-electron chi connectivity index (χ0n) is 15.8. The highest BCUT2D eigenvalue weighted by Crippen LogP contribution is 2.14. The Morgan fingerprint density at radius 1 is 0.800 bits per heavy atom. The van der Waals surface area contributed by atoms with Crippen LogP contribution in [0.25, 0.3) is 11.0 Å². The smallest absolute Gasteiger partial charge is 0.261 e. The van der Waals surface area contributed by atoms with E-state index in [2.05, 4.69) is 21.2 Å². The lowest BCUT2D eigenvalue weighted by molar-refractivity contribution is 0.102. The van der Waals surface area contributed by atoms with Crippen LogP contribution >= 0.6 is 12.2 Å². The number of nitrogens with one attached hydrogen (secondary N) is 3. The first-order valence-corrected chi connectivity index (χ1v) is 9.65. The number of rotatable bonds is 4. The fourth-order valence-electron chi connectivity index (χ4n) is 2.82. The van der Waals surface area contributed by atoms with Crippen LogP contribution in [0.3, 0.4) is 0 Å². The maximum Gasteiger partial charge on any atom is 0.261 e. The molecule has 3 N–H and O–H groups in total. The molecule has 0 aliphatic carbocycles. The summed E-state index contributed by atoms with van der Waals surface area (Å²) >= 11 is 5.29. The van der Waals surface area contributed by atoms with Gasteiger partial charge in [0, 0.05) is 16.8 Å². The quantitative estimate of drug-likeness (QED) is 0.339. The van der Waals surface area contributed by atoms with Gasteiger partial charge in [-0.2, -0.15) is 0 Å². The summed E-state index contributed by atoms with van der Waals surface area (Å²) in [7, 11) is 0. The van der Waals surface area contributed by atoms with Gasteiger partial charge in [0.25, 0.3) is 5.91 Å². The van der Waals surface area contributed by atoms with Crippen LogP contribution in [0.15, 0.2) is 101 Å². The number of carbonyl (C=O) groups is 1. The van der Waals surface area contributed by atoms with Gasteiger partial charge in [0.05, 0.1) is 0 Å². The Kier molecular flexibility index (Phi) is 5.82. The molecule has 0 saturated heterocycles. The number of para-hydroxylation sites is 3. The van der Waals surface area contributed by atoms with Crippen molar-refractivity contribution in [3.8, 4) is 0 Å². The summed E-state index contributed by atoms with van der Waals surface area (Å²) in [6.45, 7) is 0. The van der Waals surface area contributed by atoms with Crippen molar-refractivity contribution < 1.29 is 9.21 Å². The van der Waals surface area contributed by atoms with E-state index in [0.717, 1.165) is 11.1 Å². The van der Waals surface area contributed by atoms with Crippen LogP contribution in [-0.4, -0.2) is 11.0 Å². The molecule has 148 valence electrons. The van der Waals surface area contributed by atoms with Gasteiger partial charge in [-0.25, -0.2) is 5.43 Å². The van der Waals surface area contributed by atoms with E-state index in [0.29, 0.717) is 11.3 Å². The fraction of sp³-hybridized carbons (Fsp3) is 0. The van der Waals surface area contributed by atoms with Crippen molar-refractivity contribution in [2.24, 2.45) is 5.10 Å². The topological polar surface area (TPSA) is 78.7 Å². The number of benzene rings is 3. The second-order valence-corrected chi connectivity index (χ2v) is 6.78. The lowest BCUT2D eigenvalue weighted by Crippen LogP contribution is -2.29. The summed E-state index contributed by atoms with van der Waals surface area (Å²) in [5.74, 6) is -0.335. The minimum Gasteiger partial charge on any atom is -0.436 e. The number of hydrogen-bond acceptors (Lipinski definition) is 4. The monoisotopic (exact) mass is 414 g/mol.